The van der Waals surface area contributed by atoms with Gasteiger partial charge >= 0.3 is 18.1 Å². The lowest BCUT2D eigenvalue weighted by molar-refractivity contribution is -0.385. The number of hydrogen-bond donors (Lipinski definition) is 1. The first kappa shape index (κ1) is 24.9. The Morgan fingerprint density at radius 2 is 1.81 bits per heavy atom. The van der Waals surface area contributed by atoms with Crippen molar-refractivity contribution in [2.45, 2.75) is 32.4 Å². The Bertz CT molecular complexity index is 1040. The van der Waals surface area contributed by atoms with Gasteiger partial charge in [0.15, 0.2) is 6.10 Å². The summed E-state index contributed by atoms with van der Waals surface area (Å²) in [4.78, 5) is 33.6. The standard InChI is InChI=1S/C19H15ClF3NO8/c1-9(17(25)26)30-10(2)31-18(27)13-8-12(4-5-15(13)24(28)29)32-16-6-3-11(7-14(16)20)19(21,22)23/h3-10H,1-2H3,(H,25,26). The van der Waals surface area contributed by atoms with Gasteiger partial charge in [0.25, 0.3) is 5.69 Å². The zero-order chi connectivity index (χ0) is 24.2. The quantitative estimate of drug-likeness (QED) is 0.242. The molecule has 0 amide bonds. The maximum absolute atomic E-state index is 12.8. The highest BCUT2D eigenvalue weighted by Gasteiger charge is 2.31. The summed E-state index contributed by atoms with van der Waals surface area (Å²) in [7, 11) is 0. The minimum Gasteiger partial charge on any atom is -0.479 e. The van der Waals surface area contributed by atoms with Gasteiger partial charge < -0.3 is 19.3 Å². The number of halogens is 4. The number of rotatable bonds is 8. The molecule has 0 spiro atoms. The Hall–Kier alpha value is -3.38. The molecule has 13 heteroatoms. The van der Waals surface area contributed by atoms with Gasteiger partial charge in [0, 0.05) is 12.1 Å². The van der Waals surface area contributed by atoms with Crippen LogP contribution in [0.5, 0.6) is 11.5 Å². The van der Waals surface area contributed by atoms with E-state index in [1.165, 1.54) is 13.8 Å². The third-order valence-corrected chi connectivity index (χ3v) is 4.18. The number of nitrogens with zero attached hydrogens (tertiary/aromatic N) is 1. The fourth-order valence-electron chi connectivity index (χ4n) is 2.38. The highest BCUT2D eigenvalue weighted by Crippen LogP contribution is 2.37. The van der Waals surface area contributed by atoms with E-state index in [9.17, 15) is 32.9 Å². The van der Waals surface area contributed by atoms with E-state index in [1.807, 2.05) is 0 Å². The summed E-state index contributed by atoms with van der Waals surface area (Å²) in [6, 6.07) is 5.28. The van der Waals surface area contributed by atoms with E-state index >= 15 is 0 Å². The molecule has 0 bridgehead atoms. The average Bonchev–Trinajstić information content (AvgIpc) is 2.68. The summed E-state index contributed by atoms with van der Waals surface area (Å²) in [5.74, 6) is -2.88. The maximum atomic E-state index is 12.8. The molecule has 2 aromatic carbocycles. The number of esters is 1. The molecule has 0 aliphatic carbocycles. The minimum absolute atomic E-state index is 0.156. The predicted octanol–water partition coefficient (Wildman–Crippen LogP) is 5.05. The van der Waals surface area contributed by atoms with Crippen molar-refractivity contribution < 1.29 is 47.0 Å². The molecule has 172 valence electrons. The number of carboxylic acid groups (broad SMARTS) is 1. The van der Waals surface area contributed by atoms with E-state index in [1.54, 1.807) is 0 Å². The smallest absolute Gasteiger partial charge is 0.416 e. The third kappa shape index (κ3) is 6.31. The molecule has 0 radical (unpaired) electrons. The van der Waals surface area contributed by atoms with Crippen LogP contribution in [0.15, 0.2) is 36.4 Å². The van der Waals surface area contributed by atoms with Gasteiger partial charge in [0.2, 0.25) is 6.29 Å². The van der Waals surface area contributed by atoms with Crippen molar-refractivity contribution in [1.82, 2.24) is 0 Å². The second-order valence-electron chi connectivity index (χ2n) is 6.27. The number of carbonyl (C=O) groups excluding carboxylic acids is 1. The first-order valence-electron chi connectivity index (χ1n) is 8.72. The topological polar surface area (TPSA) is 125 Å². The van der Waals surface area contributed by atoms with E-state index in [4.69, 9.17) is 30.9 Å². The Labute approximate surface area is 183 Å². The van der Waals surface area contributed by atoms with Crippen molar-refractivity contribution >= 4 is 29.2 Å². The van der Waals surface area contributed by atoms with Gasteiger partial charge in [-0.2, -0.15) is 13.2 Å². The summed E-state index contributed by atoms with van der Waals surface area (Å²) in [5.41, 5.74) is -2.22. The second kappa shape index (κ2) is 9.83. The fraction of sp³-hybridized carbons (Fsp3) is 0.263. The van der Waals surface area contributed by atoms with Crippen LogP contribution in [-0.2, 0) is 20.4 Å². The monoisotopic (exact) mass is 477 g/mol. The van der Waals surface area contributed by atoms with Crippen LogP contribution in [0.4, 0.5) is 18.9 Å². The first-order valence-corrected chi connectivity index (χ1v) is 9.09. The van der Waals surface area contributed by atoms with Crippen molar-refractivity contribution in [1.29, 1.82) is 0 Å². The van der Waals surface area contributed by atoms with Gasteiger partial charge in [-0.25, -0.2) is 9.59 Å². The van der Waals surface area contributed by atoms with Gasteiger partial charge in [-0.1, -0.05) is 11.6 Å². The number of hydrogen-bond acceptors (Lipinski definition) is 7. The van der Waals surface area contributed by atoms with E-state index in [0.29, 0.717) is 6.07 Å². The van der Waals surface area contributed by atoms with Crippen molar-refractivity contribution in [2.75, 3.05) is 0 Å². The number of carbonyl (C=O) groups is 2. The normalized spacial score (nSPS) is 13.2. The maximum Gasteiger partial charge on any atom is 0.416 e. The van der Waals surface area contributed by atoms with Gasteiger partial charge in [-0.15, -0.1) is 0 Å². The number of carboxylic acids is 1. The average molecular weight is 478 g/mol. The lowest BCUT2D eigenvalue weighted by atomic mass is 10.1. The number of benzene rings is 2. The molecule has 1 N–H and O–H groups in total. The SMILES string of the molecule is CC(OC(=O)c1cc(Oc2ccc(C(F)(F)F)cc2Cl)ccc1[N+](=O)[O-])OC(C)C(=O)O. The molecule has 9 nitrogen and oxygen atoms in total. The van der Waals surface area contributed by atoms with Crippen LogP contribution in [0.25, 0.3) is 0 Å². The largest absolute Gasteiger partial charge is 0.479 e. The number of nitro groups is 1. The lowest BCUT2D eigenvalue weighted by Crippen LogP contribution is -2.28. The molecule has 32 heavy (non-hydrogen) atoms. The number of alkyl halides is 3. The van der Waals surface area contributed by atoms with Crippen LogP contribution < -0.4 is 4.74 Å². The van der Waals surface area contributed by atoms with Crippen molar-refractivity contribution in [3.8, 4) is 11.5 Å². The van der Waals surface area contributed by atoms with Crippen molar-refractivity contribution in [3.05, 3.63) is 62.7 Å². The summed E-state index contributed by atoms with van der Waals surface area (Å²) < 4.78 is 53.5. The molecular weight excluding hydrogens is 463 g/mol. The predicted molar refractivity (Wildman–Crippen MR) is 103 cm³/mol. The molecule has 0 aliphatic rings. The van der Waals surface area contributed by atoms with Crippen LogP contribution in [-0.4, -0.2) is 34.4 Å². The fourth-order valence-corrected chi connectivity index (χ4v) is 2.60. The molecule has 2 rings (SSSR count). The highest BCUT2D eigenvalue weighted by atomic mass is 35.5. The molecule has 2 aromatic rings. The van der Waals surface area contributed by atoms with E-state index in [2.05, 4.69) is 0 Å². The van der Waals surface area contributed by atoms with Crippen molar-refractivity contribution in [3.63, 3.8) is 0 Å². The molecular formula is C19H15ClF3NO8. The lowest BCUT2D eigenvalue weighted by Gasteiger charge is -2.17. The van der Waals surface area contributed by atoms with E-state index < -0.39 is 52.2 Å². The van der Waals surface area contributed by atoms with Crippen LogP contribution in [0, 0.1) is 10.1 Å². The Morgan fingerprint density at radius 3 is 2.34 bits per heavy atom. The molecule has 0 heterocycles. The van der Waals surface area contributed by atoms with Gasteiger partial charge in [-0.3, -0.25) is 10.1 Å². The summed E-state index contributed by atoms with van der Waals surface area (Å²) >= 11 is 5.82. The van der Waals surface area contributed by atoms with Gasteiger partial charge in [-0.05, 0) is 38.1 Å². The summed E-state index contributed by atoms with van der Waals surface area (Å²) in [5, 5.41) is 19.7. The zero-order valence-corrected chi connectivity index (χ0v) is 17.1. The zero-order valence-electron chi connectivity index (χ0n) is 16.4. The third-order valence-electron chi connectivity index (χ3n) is 3.89. The molecule has 2 unspecified atom stereocenters. The highest BCUT2D eigenvalue weighted by molar-refractivity contribution is 6.32. The van der Waals surface area contributed by atoms with Crippen LogP contribution >= 0.6 is 11.6 Å². The Kier molecular flexibility index (Phi) is 7.65. The van der Waals surface area contributed by atoms with Crippen molar-refractivity contribution in [2.24, 2.45) is 0 Å². The minimum atomic E-state index is -4.62. The molecule has 0 saturated heterocycles. The Balaban J connectivity index is 2.29. The van der Waals surface area contributed by atoms with Crippen LogP contribution in [0.2, 0.25) is 5.02 Å². The molecule has 0 fully saturated rings. The second-order valence-corrected chi connectivity index (χ2v) is 6.68. The first-order chi connectivity index (χ1) is 14.8. The molecule has 0 aliphatic heterocycles. The van der Waals surface area contributed by atoms with E-state index in [-0.39, 0.29) is 16.5 Å². The Morgan fingerprint density at radius 1 is 1.16 bits per heavy atom. The molecule has 2 atom stereocenters. The number of ether oxygens (including phenoxy) is 3. The van der Waals surface area contributed by atoms with Gasteiger partial charge in [0.1, 0.15) is 17.1 Å². The molecule has 0 saturated carbocycles. The van der Waals surface area contributed by atoms with Crippen LogP contribution in [0.3, 0.4) is 0 Å². The summed E-state index contributed by atoms with van der Waals surface area (Å²) in [6.07, 6.45) is -7.30. The van der Waals surface area contributed by atoms with E-state index in [0.717, 1.165) is 30.3 Å². The van der Waals surface area contributed by atoms with Gasteiger partial charge in [0.05, 0.1) is 15.5 Å². The molecule has 0 aromatic heterocycles. The van der Waals surface area contributed by atoms with Crippen LogP contribution in [0.1, 0.15) is 29.8 Å². The number of nitro benzene ring substituents is 1. The number of aliphatic carboxylic acids is 1. The summed E-state index contributed by atoms with van der Waals surface area (Å²) in [6.45, 7) is 2.41.